The maximum Gasteiger partial charge on any atom is 0.223 e. The van der Waals surface area contributed by atoms with Crippen LogP contribution in [0.1, 0.15) is 24.7 Å². The molecule has 9 nitrogen and oxygen atoms in total. The molecule has 140 valence electrons. The number of ether oxygens (including phenoxy) is 2. The Hall–Kier alpha value is -2.25. The number of nitrogens with two attached hydrogens (primary N) is 1. The van der Waals surface area contributed by atoms with Gasteiger partial charge in [0, 0.05) is 7.05 Å². The number of H-pyrrole nitrogens is 1. The van der Waals surface area contributed by atoms with E-state index in [2.05, 4.69) is 21.9 Å². The second-order valence-corrected chi connectivity index (χ2v) is 6.70. The number of nitrogens with one attached hydrogen (secondary N) is 1. The van der Waals surface area contributed by atoms with Gasteiger partial charge < -0.3 is 30.4 Å². The van der Waals surface area contributed by atoms with Crippen LogP contribution in [-0.2, 0) is 15.1 Å². The van der Waals surface area contributed by atoms with Crippen LogP contribution < -0.4 is 5.73 Å². The first-order chi connectivity index (χ1) is 12.4. The fraction of sp³-hybridized carbons (Fsp3) is 0.588. The summed E-state index contributed by atoms with van der Waals surface area (Å²) in [5.74, 6) is 0.657. The first-order valence-corrected chi connectivity index (χ1v) is 8.43. The van der Waals surface area contributed by atoms with E-state index >= 15 is 0 Å². The van der Waals surface area contributed by atoms with Crippen LogP contribution >= 0.6 is 0 Å². The number of amidine groups is 1. The second kappa shape index (κ2) is 7.17. The zero-order valence-corrected chi connectivity index (χ0v) is 14.7. The van der Waals surface area contributed by atoms with Crippen molar-refractivity contribution in [3.8, 4) is 6.07 Å². The van der Waals surface area contributed by atoms with Crippen LogP contribution in [0.15, 0.2) is 22.1 Å². The van der Waals surface area contributed by atoms with Gasteiger partial charge in [-0.15, -0.1) is 0 Å². The molecule has 1 aliphatic heterocycles. The molecular formula is C17H23N5O4. The highest BCUT2D eigenvalue weighted by molar-refractivity contribution is 5.99. The number of nitrogens with zero attached hydrogens (tertiary/aromatic N) is 3. The van der Waals surface area contributed by atoms with Crippen molar-refractivity contribution in [1.29, 1.82) is 5.26 Å². The Morgan fingerprint density at radius 2 is 2.31 bits per heavy atom. The molecule has 0 radical (unpaired) electrons. The Kier molecular flexibility index (Phi) is 5.11. The molecule has 1 aliphatic carbocycles. The molecule has 1 saturated carbocycles. The summed E-state index contributed by atoms with van der Waals surface area (Å²) < 4.78 is 11.4. The monoisotopic (exact) mass is 361 g/mol. The number of aliphatic imine (C=N–C) groups is 2. The number of rotatable bonds is 6. The molecule has 9 heteroatoms. The minimum atomic E-state index is -1.74. The maximum absolute atomic E-state index is 10.5. The molecule has 0 aromatic carbocycles. The maximum atomic E-state index is 10.5. The van der Waals surface area contributed by atoms with Crippen molar-refractivity contribution in [1.82, 2.24) is 4.98 Å². The minimum absolute atomic E-state index is 0.112. The van der Waals surface area contributed by atoms with Crippen molar-refractivity contribution in [3.63, 3.8) is 0 Å². The first kappa shape index (κ1) is 18.5. The fourth-order valence-corrected chi connectivity index (χ4v) is 3.02. The van der Waals surface area contributed by atoms with E-state index in [0.29, 0.717) is 11.6 Å². The lowest BCUT2D eigenvalue weighted by Crippen LogP contribution is -2.40. The highest BCUT2D eigenvalue weighted by Gasteiger charge is 2.57. The lowest BCUT2D eigenvalue weighted by Gasteiger charge is -2.23. The van der Waals surface area contributed by atoms with Crippen molar-refractivity contribution in [2.75, 3.05) is 13.7 Å². The van der Waals surface area contributed by atoms with Crippen molar-refractivity contribution in [2.45, 2.75) is 43.4 Å². The SMILES string of the molecule is CN=CN=C(N)c1ccc([C@]2(C#N)O[C@H](CO[C@H]3CC3C)[C@@H](O)[C@H]2O)[nH]1. The summed E-state index contributed by atoms with van der Waals surface area (Å²) in [6, 6.07) is 5.18. The van der Waals surface area contributed by atoms with E-state index in [1.54, 1.807) is 19.2 Å². The summed E-state index contributed by atoms with van der Waals surface area (Å²) >= 11 is 0. The van der Waals surface area contributed by atoms with Gasteiger partial charge in [-0.25, -0.2) is 4.99 Å². The van der Waals surface area contributed by atoms with Crippen LogP contribution in [0.25, 0.3) is 0 Å². The highest BCUT2D eigenvalue weighted by Crippen LogP contribution is 2.40. The summed E-state index contributed by atoms with van der Waals surface area (Å²) in [5, 5.41) is 30.5. The molecular weight excluding hydrogens is 338 g/mol. The lowest BCUT2D eigenvalue weighted by molar-refractivity contribution is -0.0788. The molecule has 0 bridgehead atoms. The summed E-state index contributed by atoms with van der Waals surface area (Å²) in [6.07, 6.45) is -1.06. The van der Waals surface area contributed by atoms with Gasteiger partial charge in [0.1, 0.15) is 36.6 Å². The third-order valence-corrected chi connectivity index (χ3v) is 4.81. The van der Waals surface area contributed by atoms with E-state index in [4.69, 9.17) is 15.2 Å². The van der Waals surface area contributed by atoms with Gasteiger partial charge >= 0.3 is 0 Å². The number of aromatic amines is 1. The lowest BCUT2D eigenvalue weighted by atomic mass is 9.93. The van der Waals surface area contributed by atoms with Crippen LogP contribution in [0.4, 0.5) is 0 Å². The molecule has 1 aromatic heterocycles. The van der Waals surface area contributed by atoms with E-state index in [9.17, 15) is 15.5 Å². The second-order valence-electron chi connectivity index (χ2n) is 6.70. The molecule has 6 atom stereocenters. The smallest absolute Gasteiger partial charge is 0.223 e. The topological polar surface area (TPSA) is 149 Å². The summed E-state index contributed by atoms with van der Waals surface area (Å²) in [6.45, 7) is 2.18. The van der Waals surface area contributed by atoms with Gasteiger partial charge in [-0.05, 0) is 24.5 Å². The van der Waals surface area contributed by atoms with Crippen LogP contribution in [0, 0.1) is 17.2 Å². The molecule has 1 saturated heterocycles. The predicted molar refractivity (Wildman–Crippen MR) is 93.6 cm³/mol. The quantitative estimate of drug-likeness (QED) is 0.401. The van der Waals surface area contributed by atoms with Crippen molar-refractivity contribution in [3.05, 3.63) is 23.5 Å². The third kappa shape index (κ3) is 3.24. The van der Waals surface area contributed by atoms with E-state index in [1.165, 1.54) is 6.34 Å². The number of aliphatic hydroxyl groups excluding tert-OH is 2. The van der Waals surface area contributed by atoms with Gasteiger partial charge in [-0.3, -0.25) is 4.99 Å². The van der Waals surface area contributed by atoms with Gasteiger partial charge in [0.25, 0.3) is 0 Å². The van der Waals surface area contributed by atoms with Crippen LogP contribution in [0.5, 0.6) is 0 Å². The largest absolute Gasteiger partial charge is 0.387 e. The first-order valence-electron chi connectivity index (χ1n) is 8.43. The van der Waals surface area contributed by atoms with Crippen molar-refractivity contribution < 1.29 is 19.7 Å². The molecule has 1 unspecified atom stereocenters. The molecule has 2 fully saturated rings. The standard InChI is InChI=1S/C17H23N5O4/c1-9-5-11(9)25-6-12-14(23)15(24)17(7-18,26-12)13-4-3-10(22-13)16(19)21-8-20-2/h3-4,8-9,11-12,14-15,22-24H,5-6H2,1-2H3,(H2,19,20,21)/t9?,11-,12+,14+,15+,17-/m0/s1. The van der Waals surface area contributed by atoms with E-state index in [-0.39, 0.29) is 24.2 Å². The van der Waals surface area contributed by atoms with Gasteiger partial charge in [0.2, 0.25) is 5.60 Å². The third-order valence-electron chi connectivity index (χ3n) is 4.81. The molecule has 0 amide bonds. The fourth-order valence-electron chi connectivity index (χ4n) is 3.02. The normalized spacial score (nSPS) is 37.2. The summed E-state index contributed by atoms with van der Waals surface area (Å²) in [4.78, 5) is 10.6. The number of aliphatic hydroxyl groups is 2. The van der Waals surface area contributed by atoms with Crippen LogP contribution in [-0.4, -0.2) is 65.4 Å². The Bertz CT molecular complexity index is 755. The van der Waals surface area contributed by atoms with Gasteiger partial charge in [0.15, 0.2) is 0 Å². The number of aromatic nitrogens is 1. The summed E-state index contributed by atoms with van der Waals surface area (Å²) in [5.41, 5.74) is 4.84. The van der Waals surface area contributed by atoms with Crippen molar-refractivity contribution >= 4 is 12.2 Å². The molecule has 26 heavy (non-hydrogen) atoms. The molecule has 1 aromatic rings. The Morgan fingerprint density at radius 1 is 1.58 bits per heavy atom. The van der Waals surface area contributed by atoms with Gasteiger partial charge in [-0.2, -0.15) is 5.26 Å². The van der Waals surface area contributed by atoms with E-state index in [0.717, 1.165) is 6.42 Å². The average Bonchev–Trinajstić information content (AvgIpc) is 3.05. The molecule has 5 N–H and O–H groups in total. The zero-order valence-electron chi connectivity index (χ0n) is 14.7. The number of nitriles is 1. The molecule has 2 heterocycles. The minimum Gasteiger partial charge on any atom is -0.387 e. The zero-order chi connectivity index (χ0) is 18.9. The summed E-state index contributed by atoms with van der Waals surface area (Å²) in [7, 11) is 1.57. The predicted octanol–water partition coefficient (Wildman–Crippen LogP) is -0.357. The average molecular weight is 361 g/mol. The molecule has 0 spiro atoms. The Labute approximate surface area is 151 Å². The van der Waals surface area contributed by atoms with Gasteiger partial charge in [0.05, 0.1) is 24.1 Å². The van der Waals surface area contributed by atoms with Crippen LogP contribution in [0.2, 0.25) is 0 Å². The molecule has 2 aliphatic rings. The van der Waals surface area contributed by atoms with E-state index in [1.807, 2.05) is 6.07 Å². The Balaban J connectivity index is 1.80. The van der Waals surface area contributed by atoms with E-state index < -0.39 is 23.9 Å². The number of hydrogen-bond acceptors (Lipinski definition) is 6. The van der Waals surface area contributed by atoms with Crippen molar-refractivity contribution in [2.24, 2.45) is 21.6 Å². The number of hydrogen-bond donors (Lipinski definition) is 4. The highest BCUT2D eigenvalue weighted by atomic mass is 16.6. The molecule has 3 rings (SSSR count). The van der Waals surface area contributed by atoms with Gasteiger partial charge in [-0.1, -0.05) is 6.92 Å². The van der Waals surface area contributed by atoms with Crippen LogP contribution in [0.3, 0.4) is 0 Å². The Morgan fingerprint density at radius 3 is 2.92 bits per heavy atom.